The highest BCUT2D eigenvalue weighted by Gasteiger charge is 2.14. The Morgan fingerprint density at radius 2 is 2.05 bits per heavy atom. The molecule has 0 saturated carbocycles. The molecular weight excluding hydrogens is 240 g/mol. The fraction of sp³-hybridized carbons (Fsp3) is 0.533. The number of anilines is 1. The van der Waals surface area contributed by atoms with Crippen LogP contribution in [-0.2, 0) is 9.53 Å². The summed E-state index contributed by atoms with van der Waals surface area (Å²) in [5.74, 6) is -0.221. The van der Waals surface area contributed by atoms with Crippen LogP contribution in [0.2, 0.25) is 0 Å². The molecule has 1 atom stereocenters. The van der Waals surface area contributed by atoms with Crippen LogP contribution in [0.3, 0.4) is 0 Å². The second-order valence-electron chi connectivity index (χ2n) is 5.16. The minimum Gasteiger partial charge on any atom is -0.463 e. The molecule has 1 aromatic carbocycles. The molecule has 1 N–H and O–H groups in total. The molecule has 0 heterocycles. The van der Waals surface area contributed by atoms with Gasteiger partial charge in [-0.2, -0.15) is 0 Å². The smallest absolute Gasteiger partial charge is 0.328 e. The van der Waals surface area contributed by atoms with Gasteiger partial charge in [0.2, 0.25) is 0 Å². The summed E-state index contributed by atoms with van der Waals surface area (Å²) in [4.78, 5) is 13.8. The number of likely N-dealkylation sites (N-methyl/N-ethyl adjacent to an activating group) is 1. The number of nitrogens with zero attached hydrogens (tertiary/aromatic N) is 1. The van der Waals surface area contributed by atoms with E-state index in [0.29, 0.717) is 6.61 Å². The molecule has 4 heteroatoms. The maximum Gasteiger partial charge on any atom is 0.328 e. The lowest BCUT2D eigenvalue weighted by Gasteiger charge is -2.17. The second-order valence-corrected chi connectivity index (χ2v) is 5.16. The summed E-state index contributed by atoms with van der Waals surface area (Å²) in [6.45, 7) is 7.05. The Balaban J connectivity index is 2.49. The fourth-order valence-electron chi connectivity index (χ4n) is 1.72. The number of carbonyl (C=O) groups is 1. The van der Waals surface area contributed by atoms with Gasteiger partial charge in [-0.15, -0.1) is 0 Å². The van der Waals surface area contributed by atoms with Crippen LogP contribution < -0.4 is 5.32 Å². The fourth-order valence-corrected chi connectivity index (χ4v) is 1.72. The summed E-state index contributed by atoms with van der Waals surface area (Å²) in [6.07, 6.45) is 0. The predicted octanol–water partition coefficient (Wildman–Crippen LogP) is 2.21. The van der Waals surface area contributed by atoms with Crippen molar-refractivity contribution in [2.45, 2.75) is 26.8 Å². The zero-order valence-electron chi connectivity index (χ0n) is 12.5. The van der Waals surface area contributed by atoms with E-state index < -0.39 is 0 Å². The third kappa shape index (κ3) is 5.30. The topological polar surface area (TPSA) is 41.6 Å². The number of esters is 1. The van der Waals surface area contributed by atoms with Crippen LogP contribution in [0.5, 0.6) is 0 Å². The molecule has 0 radical (unpaired) electrons. The lowest BCUT2D eigenvalue weighted by Crippen LogP contribution is -2.30. The van der Waals surface area contributed by atoms with Crippen molar-refractivity contribution in [3.8, 4) is 0 Å². The van der Waals surface area contributed by atoms with Crippen LogP contribution in [0, 0.1) is 13.8 Å². The third-order valence-electron chi connectivity index (χ3n) is 2.89. The van der Waals surface area contributed by atoms with Gasteiger partial charge in [0.25, 0.3) is 0 Å². The highest BCUT2D eigenvalue weighted by atomic mass is 16.5. The number of hydrogen-bond donors (Lipinski definition) is 1. The van der Waals surface area contributed by atoms with Crippen LogP contribution in [0.15, 0.2) is 18.2 Å². The largest absolute Gasteiger partial charge is 0.463 e. The van der Waals surface area contributed by atoms with Crippen LogP contribution in [-0.4, -0.2) is 44.2 Å². The molecule has 0 bridgehead atoms. The number of benzene rings is 1. The number of carbonyl (C=O) groups excluding carboxylic acids is 1. The van der Waals surface area contributed by atoms with Gasteiger partial charge in [-0.3, -0.25) is 0 Å². The van der Waals surface area contributed by atoms with Gasteiger partial charge in [0.15, 0.2) is 0 Å². The first kappa shape index (κ1) is 15.5. The summed E-state index contributed by atoms with van der Waals surface area (Å²) < 4.78 is 5.21. The first-order chi connectivity index (χ1) is 8.90. The SMILES string of the molecule is Cc1ccc(N[C@@H](C)C(=O)OCCN(C)C)c(C)c1. The van der Waals surface area contributed by atoms with E-state index in [9.17, 15) is 4.79 Å². The van der Waals surface area contributed by atoms with Gasteiger partial charge in [-0.25, -0.2) is 4.79 Å². The maximum atomic E-state index is 11.8. The van der Waals surface area contributed by atoms with E-state index in [1.165, 1.54) is 5.56 Å². The average Bonchev–Trinajstić information content (AvgIpc) is 2.32. The zero-order valence-corrected chi connectivity index (χ0v) is 12.5. The van der Waals surface area contributed by atoms with Crippen molar-refractivity contribution < 1.29 is 9.53 Å². The van der Waals surface area contributed by atoms with Gasteiger partial charge in [-0.1, -0.05) is 17.7 Å². The van der Waals surface area contributed by atoms with E-state index in [0.717, 1.165) is 17.8 Å². The van der Waals surface area contributed by atoms with Gasteiger partial charge in [-0.05, 0) is 46.5 Å². The summed E-state index contributed by atoms with van der Waals surface area (Å²) >= 11 is 0. The monoisotopic (exact) mass is 264 g/mol. The summed E-state index contributed by atoms with van der Waals surface area (Å²) in [5, 5.41) is 3.19. The Bertz CT molecular complexity index is 430. The average molecular weight is 264 g/mol. The first-order valence-corrected chi connectivity index (χ1v) is 6.55. The van der Waals surface area contributed by atoms with Crippen LogP contribution in [0.4, 0.5) is 5.69 Å². The predicted molar refractivity (Wildman–Crippen MR) is 78.5 cm³/mol. The molecule has 1 aromatic rings. The highest BCUT2D eigenvalue weighted by molar-refractivity contribution is 5.79. The van der Waals surface area contributed by atoms with Crippen molar-refractivity contribution in [1.82, 2.24) is 4.90 Å². The number of hydrogen-bond acceptors (Lipinski definition) is 4. The van der Waals surface area contributed by atoms with Gasteiger partial charge in [0.05, 0.1) is 0 Å². The summed E-state index contributed by atoms with van der Waals surface area (Å²) in [6, 6.07) is 5.77. The molecule has 0 aromatic heterocycles. The van der Waals surface area contributed by atoms with Crippen LogP contribution in [0.1, 0.15) is 18.1 Å². The van der Waals surface area contributed by atoms with Gasteiger partial charge in [0, 0.05) is 12.2 Å². The summed E-state index contributed by atoms with van der Waals surface area (Å²) in [5.41, 5.74) is 3.32. The lowest BCUT2D eigenvalue weighted by atomic mass is 10.1. The molecule has 0 saturated heterocycles. The van der Waals surface area contributed by atoms with Gasteiger partial charge >= 0.3 is 5.97 Å². The van der Waals surface area contributed by atoms with E-state index in [1.54, 1.807) is 0 Å². The Morgan fingerprint density at radius 1 is 1.37 bits per heavy atom. The Hall–Kier alpha value is -1.55. The minimum absolute atomic E-state index is 0.221. The Labute approximate surface area is 115 Å². The molecule has 0 aliphatic carbocycles. The Kier molecular flexibility index (Phi) is 5.83. The molecule has 1 rings (SSSR count). The van der Waals surface area contributed by atoms with Crippen molar-refractivity contribution >= 4 is 11.7 Å². The second kappa shape index (κ2) is 7.14. The zero-order chi connectivity index (χ0) is 14.4. The maximum absolute atomic E-state index is 11.8. The summed E-state index contributed by atoms with van der Waals surface area (Å²) in [7, 11) is 3.90. The van der Waals surface area contributed by atoms with Crippen molar-refractivity contribution in [3.05, 3.63) is 29.3 Å². The number of aryl methyl sites for hydroxylation is 2. The van der Waals surface area contributed by atoms with Gasteiger partial charge in [0.1, 0.15) is 12.6 Å². The molecule has 0 unspecified atom stereocenters. The Morgan fingerprint density at radius 3 is 2.63 bits per heavy atom. The van der Waals surface area contributed by atoms with Crippen molar-refractivity contribution in [1.29, 1.82) is 0 Å². The van der Waals surface area contributed by atoms with E-state index in [-0.39, 0.29) is 12.0 Å². The minimum atomic E-state index is -0.344. The molecule has 19 heavy (non-hydrogen) atoms. The molecular formula is C15H24N2O2. The first-order valence-electron chi connectivity index (χ1n) is 6.55. The van der Waals surface area contributed by atoms with Crippen LogP contribution >= 0.6 is 0 Å². The molecule has 0 amide bonds. The van der Waals surface area contributed by atoms with Crippen molar-refractivity contribution in [3.63, 3.8) is 0 Å². The van der Waals surface area contributed by atoms with E-state index in [1.807, 2.05) is 45.0 Å². The quantitative estimate of drug-likeness (QED) is 0.800. The molecule has 0 fully saturated rings. The molecule has 0 spiro atoms. The molecule has 106 valence electrons. The molecule has 0 aliphatic rings. The lowest BCUT2D eigenvalue weighted by molar-refractivity contribution is -0.144. The standard InChI is InChI=1S/C15H24N2O2/c1-11-6-7-14(12(2)10-11)16-13(3)15(18)19-9-8-17(4)5/h6-7,10,13,16H,8-9H2,1-5H3/t13-/m0/s1. The normalized spacial score (nSPS) is 12.3. The highest BCUT2D eigenvalue weighted by Crippen LogP contribution is 2.17. The van der Waals surface area contributed by atoms with E-state index in [2.05, 4.69) is 18.3 Å². The number of ether oxygens (including phenoxy) is 1. The van der Waals surface area contributed by atoms with Crippen LogP contribution in [0.25, 0.3) is 0 Å². The molecule has 0 aliphatic heterocycles. The number of rotatable bonds is 6. The van der Waals surface area contributed by atoms with E-state index in [4.69, 9.17) is 4.74 Å². The number of nitrogens with one attached hydrogen (secondary N) is 1. The molecule has 4 nitrogen and oxygen atoms in total. The third-order valence-corrected chi connectivity index (χ3v) is 2.89. The van der Waals surface area contributed by atoms with E-state index >= 15 is 0 Å². The van der Waals surface area contributed by atoms with Gasteiger partial charge < -0.3 is 15.0 Å². The van der Waals surface area contributed by atoms with Crippen molar-refractivity contribution in [2.24, 2.45) is 0 Å². The van der Waals surface area contributed by atoms with Crippen molar-refractivity contribution in [2.75, 3.05) is 32.6 Å².